The summed E-state index contributed by atoms with van der Waals surface area (Å²) >= 11 is 0. The van der Waals surface area contributed by atoms with Crippen molar-refractivity contribution in [3.05, 3.63) is 82.9 Å². The number of aryl methyl sites for hydroxylation is 4. The van der Waals surface area contributed by atoms with Gasteiger partial charge in [-0.05, 0) is 119 Å². The van der Waals surface area contributed by atoms with E-state index in [0.29, 0.717) is 44.5 Å². The van der Waals surface area contributed by atoms with Crippen LogP contribution < -0.4 is 11.5 Å². The van der Waals surface area contributed by atoms with Crippen molar-refractivity contribution in [3.63, 3.8) is 0 Å². The lowest BCUT2D eigenvalue weighted by molar-refractivity contribution is 0.472. The van der Waals surface area contributed by atoms with Crippen LogP contribution in [0, 0.1) is 38.8 Å². The number of nitrogens with one attached hydrogen (secondary N) is 2. The van der Waals surface area contributed by atoms with E-state index < -0.39 is 52.9 Å². The van der Waals surface area contributed by atoms with Crippen LogP contribution >= 0.6 is 0 Å². The number of phenolic OH excluding ortho intramolecular Hbond substituents is 2. The number of aromatic hydroxyl groups is 2. The van der Waals surface area contributed by atoms with Crippen LogP contribution in [0.4, 0.5) is 22.7 Å². The van der Waals surface area contributed by atoms with Crippen molar-refractivity contribution >= 4 is 64.5 Å². The van der Waals surface area contributed by atoms with Gasteiger partial charge in [0.15, 0.2) is 11.5 Å². The highest BCUT2D eigenvalue weighted by molar-refractivity contribution is 7.86. The predicted octanol–water partition coefficient (Wildman–Crippen LogP) is 8.62. The Morgan fingerprint density at radius 2 is 0.827 bits per heavy atom. The van der Waals surface area contributed by atoms with Gasteiger partial charge in [0.05, 0.1) is 0 Å². The number of hydrogen-bond donors (Lipinski definition) is 8. The Morgan fingerprint density at radius 1 is 0.519 bits per heavy atom. The minimum atomic E-state index is -5.05. The van der Waals surface area contributed by atoms with Gasteiger partial charge in [-0.25, -0.2) is 11.1 Å². The molecule has 14 nitrogen and oxygen atoms in total. The Hall–Kier alpha value is -5.94. The van der Waals surface area contributed by atoms with E-state index in [9.17, 15) is 36.2 Å². The van der Waals surface area contributed by atoms with Gasteiger partial charge < -0.3 is 21.7 Å². The standard InChI is InChI=1S/C36H32N6O8S2/c1-15-9-19(10-16(2)27(15)29-25-13-21(37)5-7-23(25)33(43)31(41-39)35(29)51(45,46)47)20-11-17(3)28(18(4)12-20)30-26-14-22(38)6-8-24(26)34(44)32(42-40)36(30)52(48,49)50/h5-14,39-40,43-44H,37-38H2,1-4H3,(H,45,46,47)(H,48,49,50). The summed E-state index contributed by atoms with van der Waals surface area (Å²) in [6.07, 6.45) is 0. The molecule has 52 heavy (non-hydrogen) atoms. The van der Waals surface area contributed by atoms with Crippen molar-refractivity contribution in [2.45, 2.75) is 37.5 Å². The predicted molar refractivity (Wildman–Crippen MR) is 198 cm³/mol. The average Bonchev–Trinajstić information content (AvgIpc) is 3.04. The average molecular weight is 741 g/mol. The molecule has 0 unspecified atom stereocenters. The summed E-state index contributed by atoms with van der Waals surface area (Å²) in [5.74, 6) is -1.21. The number of phenols is 2. The largest absolute Gasteiger partial charge is 0.505 e. The molecule has 0 fully saturated rings. The van der Waals surface area contributed by atoms with E-state index in [-0.39, 0.29) is 44.0 Å². The summed E-state index contributed by atoms with van der Waals surface area (Å²) in [5, 5.41) is 29.1. The molecule has 0 saturated carbocycles. The zero-order chi connectivity index (χ0) is 38.2. The molecule has 0 saturated heterocycles. The number of nitrogens with zero attached hydrogens (tertiary/aromatic N) is 2. The summed E-state index contributed by atoms with van der Waals surface area (Å²) in [7, 11) is -10.1. The zero-order valence-corrected chi connectivity index (χ0v) is 29.7. The third-order valence-electron chi connectivity index (χ3n) is 9.11. The molecule has 0 aliphatic heterocycles. The fourth-order valence-electron chi connectivity index (χ4n) is 7.16. The second-order valence-corrected chi connectivity index (χ2v) is 15.3. The first-order chi connectivity index (χ1) is 24.3. The van der Waals surface area contributed by atoms with E-state index in [1.54, 1.807) is 52.0 Å². The van der Waals surface area contributed by atoms with Crippen LogP contribution in [0.15, 0.2) is 80.7 Å². The number of nitrogen functional groups attached to an aromatic ring is 2. The van der Waals surface area contributed by atoms with Gasteiger partial charge in [0, 0.05) is 33.3 Å². The van der Waals surface area contributed by atoms with Crippen LogP contribution in [0.25, 0.3) is 54.9 Å². The topological polar surface area (TPSA) is 274 Å². The molecule has 0 atom stereocenters. The molecular weight excluding hydrogens is 709 g/mol. The maximum atomic E-state index is 12.8. The lowest BCUT2D eigenvalue weighted by Crippen LogP contribution is -2.05. The van der Waals surface area contributed by atoms with Crippen LogP contribution in [0.2, 0.25) is 0 Å². The van der Waals surface area contributed by atoms with Crippen LogP contribution in [-0.2, 0) is 20.2 Å². The molecule has 0 bridgehead atoms. The summed E-state index contributed by atoms with van der Waals surface area (Å²) in [6, 6.07) is 16.0. The van der Waals surface area contributed by atoms with Crippen LogP contribution in [0.1, 0.15) is 22.3 Å². The summed E-state index contributed by atoms with van der Waals surface area (Å²) in [5.41, 5.74) is 31.1. The van der Waals surface area contributed by atoms with Crippen molar-refractivity contribution in [1.29, 1.82) is 11.1 Å². The first kappa shape index (κ1) is 35.9. The van der Waals surface area contributed by atoms with E-state index >= 15 is 0 Å². The molecule has 0 heterocycles. The normalized spacial score (nSPS) is 12.0. The summed E-state index contributed by atoms with van der Waals surface area (Å²) < 4.78 is 72.2. The molecule has 0 spiro atoms. The molecule has 10 N–H and O–H groups in total. The number of benzene rings is 6. The molecule has 6 aromatic carbocycles. The van der Waals surface area contributed by atoms with Crippen molar-refractivity contribution < 1.29 is 36.2 Å². The van der Waals surface area contributed by atoms with Crippen LogP contribution in [-0.4, -0.2) is 36.2 Å². The maximum Gasteiger partial charge on any atom is 0.297 e. The maximum absolute atomic E-state index is 12.8. The fourth-order valence-corrected chi connectivity index (χ4v) is 8.87. The minimum Gasteiger partial charge on any atom is -0.505 e. The second kappa shape index (κ2) is 12.4. The van der Waals surface area contributed by atoms with Gasteiger partial charge in [-0.15, -0.1) is 0 Å². The Labute approximate surface area is 297 Å². The van der Waals surface area contributed by atoms with Gasteiger partial charge in [0.1, 0.15) is 21.2 Å². The van der Waals surface area contributed by atoms with Gasteiger partial charge in [0.2, 0.25) is 0 Å². The number of anilines is 2. The van der Waals surface area contributed by atoms with E-state index in [2.05, 4.69) is 10.2 Å². The van der Waals surface area contributed by atoms with E-state index in [1.807, 2.05) is 0 Å². The summed E-state index contributed by atoms with van der Waals surface area (Å²) in [6.45, 7) is 6.92. The van der Waals surface area contributed by atoms with E-state index in [1.165, 1.54) is 36.4 Å². The highest BCUT2D eigenvalue weighted by atomic mass is 32.2. The minimum absolute atomic E-state index is 0.00435. The number of nitrogens with two attached hydrogens (primary N) is 2. The Morgan fingerprint density at radius 3 is 1.10 bits per heavy atom. The fraction of sp³-hybridized carbons (Fsp3) is 0.111. The summed E-state index contributed by atoms with van der Waals surface area (Å²) in [4.78, 5) is -1.49. The smallest absolute Gasteiger partial charge is 0.297 e. The highest BCUT2D eigenvalue weighted by Crippen LogP contribution is 2.52. The third-order valence-corrected chi connectivity index (χ3v) is 10.9. The van der Waals surface area contributed by atoms with Crippen LogP contribution in [0.5, 0.6) is 11.5 Å². The number of rotatable bonds is 7. The van der Waals surface area contributed by atoms with Crippen LogP contribution in [0.3, 0.4) is 0 Å². The monoisotopic (exact) mass is 740 g/mol. The molecule has 0 amide bonds. The molecular formula is C36H32N6O8S2. The highest BCUT2D eigenvalue weighted by Gasteiger charge is 2.32. The SMILES string of the molecule is Cc1cc(-c2cc(C)c(-c3c(S(=O)(=O)O)c(N=N)c(O)c4ccc(N)cc34)c(C)c2)cc(C)c1-c1c(S(=O)(=O)O)c(N=N)c(O)c2ccc(N)cc12. The van der Waals surface area contributed by atoms with Gasteiger partial charge in [0.25, 0.3) is 20.2 Å². The van der Waals surface area contributed by atoms with E-state index in [4.69, 9.17) is 22.5 Å². The Bertz CT molecular complexity index is 2580. The second-order valence-electron chi connectivity index (χ2n) is 12.6. The first-order valence-corrected chi connectivity index (χ1v) is 18.3. The van der Waals surface area contributed by atoms with Crippen molar-refractivity contribution in [3.8, 4) is 44.9 Å². The molecule has 0 aliphatic rings. The quantitative estimate of drug-likeness (QED) is 0.0438. The molecule has 6 rings (SSSR count). The Kier molecular flexibility index (Phi) is 8.54. The third kappa shape index (κ3) is 5.67. The lowest BCUT2D eigenvalue weighted by atomic mass is 9.85. The molecule has 6 aromatic rings. The van der Waals surface area contributed by atoms with Crippen molar-refractivity contribution in [2.24, 2.45) is 10.2 Å². The lowest BCUT2D eigenvalue weighted by Gasteiger charge is -2.21. The van der Waals surface area contributed by atoms with Gasteiger partial charge in [-0.2, -0.15) is 27.1 Å². The molecule has 0 aliphatic carbocycles. The molecule has 16 heteroatoms. The van der Waals surface area contributed by atoms with Crippen molar-refractivity contribution in [1.82, 2.24) is 0 Å². The van der Waals surface area contributed by atoms with Gasteiger partial charge in [-0.3, -0.25) is 9.11 Å². The zero-order valence-electron chi connectivity index (χ0n) is 28.1. The molecule has 0 aromatic heterocycles. The number of fused-ring (bicyclic) bond motifs is 2. The van der Waals surface area contributed by atoms with E-state index in [0.717, 1.165) is 0 Å². The Balaban J connectivity index is 1.64. The first-order valence-electron chi connectivity index (χ1n) is 15.4. The molecule has 0 radical (unpaired) electrons. The van der Waals surface area contributed by atoms with Crippen molar-refractivity contribution in [2.75, 3.05) is 11.5 Å². The van der Waals surface area contributed by atoms with Gasteiger partial charge in [-0.1, -0.05) is 24.3 Å². The van der Waals surface area contributed by atoms with Gasteiger partial charge >= 0.3 is 0 Å². The number of hydrogen-bond acceptors (Lipinski definition) is 12. The molecule has 266 valence electrons.